The summed E-state index contributed by atoms with van der Waals surface area (Å²) in [7, 11) is 0. The van der Waals surface area contributed by atoms with E-state index in [4.69, 9.17) is 8.83 Å². The lowest BCUT2D eigenvalue weighted by molar-refractivity contribution is 0.657. The fraction of sp³-hybridized carbons (Fsp3) is 0.129. The first kappa shape index (κ1) is 37.9. The Hall–Kier alpha value is -7.62. The molecule has 65 heavy (non-hydrogen) atoms. The minimum Gasteiger partial charge on any atom is -0.455 e. The zero-order valence-corrected chi connectivity index (χ0v) is 37.5. The molecule has 2 heterocycles. The van der Waals surface area contributed by atoms with Crippen LogP contribution in [0.4, 0.5) is 17.1 Å². The highest BCUT2D eigenvalue weighted by Gasteiger charge is 2.41. The van der Waals surface area contributed by atoms with E-state index in [-0.39, 0.29) is 10.8 Å². The quantitative estimate of drug-likeness (QED) is 0.173. The minimum atomic E-state index is -0.289. The second kappa shape index (κ2) is 13.5. The molecule has 0 N–H and O–H groups in total. The lowest BCUT2D eigenvalue weighted by Crippen LogP contribution is -2.18. The number of hydrogen-bond acceptors (Lipinski definition) is 3. The number of fused-ring (bicyclic) bond motifs is 14. The zero-order valence-electron chi connectivity index (χ0n) is 37.5. The third-order valence-electron chi connectivity index (χ3n) is 14.8. The summed E-state index contributed by atoms with van der Waals surface area (Å²) in [6, 6.07) is 64.6. The maximum absolute atomic E-state index is 6.80. The normalized spacial score (nSPS) is 14.2. The molecule has 0 saturated heterocycles. The van der Waals surface area contributed by atoms with E-state index in [1.807, 2.05) is 0 Å². The molecule has 0 fully saturated rings. The summed E-state index contributed by atoms with van der Waals surface area (Å²) in [5.41, 5.74) is 23.9. The van der Waals surface area contributed by atoms with E-state index in [0.717, 1.165) is 66.9 Å². The van der Waals surface area contributed by atoms with Crippen molar-refractivity contribution < 1.29 is 8.83 Å². The summed E-state index contributed by atoms with van der Waals surface area (Å²) in [4.78, 5) is 2.46. The Morgan fingerprint density at radius 3 is 1.28 bits per heavy atom. The van der Waals surface area contributed by atoms with Crippen molar-refractivity contribution in [3.8, 4) is 44.5 Å². The van der Waals surface area contributed by atoms with E-state index in [0.29, 0.717) is 0 Å². The van der Waals surface area contributed by atoms with Crippen molar-refractivity contribution in [1.82, 2.24) is 0 Å². The molecule has 0 atom stereocenters. The Bertz CT molecular complexity index is 3770. The van der Waals surface area contributed by atoms with Gasteiger partial charge >= 0.3 is 0 Å². The van der Waals surface area contributed by atoms with Gasteiger partial charge in [-0.2, -0.15) is 0 Å². The number of rotatable bonds is 5. The van der Waals surface area contributed by atoms with Gasteiger partial charge in [-0.05, 0) is 130 Å². The van der Waals surface area contributed by atoms with Gasteiger partial charge in [-0.15, -0.1) is 0 Å². The van der Waals surface area contributed by atoms with Crippen molar-refractivity contribution in [3.05, 3.63) is 209 Å². The molecule has 312 valence electrons. The van der Waals surface area contributed by atoms with Gasteiger partial charge in [0.2, 0.25) is 0 Å². The Balaban J connectivity index is 1.01. The number of anilines is 3. The predicted octanol–water partition coefficient (Wildman–Crippen LogP) is 17.5. The van der Waals surface area contributed by atoms with Crippen LogP contribution < -0.4 is 4.90 Å². The first-order valence-electron chi connectivity index (χ1n) is 22.8. The third-order valence-corrected chi connectivity index (χ3v) is 14.8. The molecular weight excluding hydrogens is 791 g/mol. The van der Waals surface area contributed by atoms with Crippen LogP contribution in [-0.2, 0) is 10.8 Å². The Morgan fingerprint density at radius 1 is 0.369 bits per heavy atom. The van der Waals surface area contributed by atoms with E-state index in [1.54, 1.807) is 0 Å². The van der Waals surface area contributed by atoms with Crippen molar-refractivity contribution in [3.63, 3.8) is 0 Å². The summed E-state index contributed by atoms with van der Waals surface area (Å²) in [6.07, 6.45) is 0. The fourth-order valence-electron chi connectivity index (χ4n) is 11.4. The number of nitrogens with zero attached hydrogens (tertiary/aromatic N) is 1. The maximum atomic E-state index is 6.80. The number of aryl methyl sites for hydroxylation is 2. The van der Waals surface area contributed by atoms with Crippen LogP contribution in [0.1, 0.15) is 61.1 Å². The van der Waals surface area contributed by atoms with Gasteiger partial charge in [-0.1, -0.05) is 154 Å². The van der Waals surface area contributed by atoms with Crippen LogP contribution >= 0.6 is 0 Å². The maximum Gasteiger partial charge on any atom is 0.143 e. The Morgan fingerprint density at radius 2 is 0.785 bits per heavy atom. The van der Waals surface area contributed by atoms with Crippen LogP contribution in [0.5, 0.6) is 0 Å². The molecule has 0 unspecified atom stereocenters. The summed E-state index contributed by atoms with van der Waals surface area (Å²) in [5, 5.41) is 4.69. The van der Waals surface area contributed by atoms with E-state index in [2.05, 4.69) is 222 Å². The molecule has 3 nitrogen and oxygen atoms in total. The van der Waals surface area contributed by atoms with Crippen molar-refractivity contribution in [2.45, 2.75) is 52.4 Å². The van der Waals surface area contributed by atoms with Gasteiger partial charge in [-0.25, -0.2) is 0 Å². The summed E-state index contributed by atoms with van der Waals surface area (Å²) >= 11 is 0. The topological polar surface area (TPSA) is 29.5 Å². The molecule has 0 bridgehead atoms. The molecule has 0 saturated carbocycles. The molecule has 0 spiro atoms. The van der Waals surface area contributed by atoms with E-state index in [9.17, 15) is 0 Å². The first-order valence-corrected chi connectivity index (χ1v) is 22.8. The Kier molecular flexibility index (Phi) is 7.84. The minimum absolute atomic E-state index is 0.287. The van der Waals surface area contributed by atoms with E-state index >= 15 is 0 Å². The largest absolute Gasteiger partial charge is 0.455 e. The van der Waals surface area contributed by atoms with Crippen molar-refractivity contribution in [2.24, 2.45) is 0 Å². The monoisotopic (exact) mass is 837 g/mol. The molecule has 2 aliphatic rings. The van der Waals surface area contributed by atoms with Crippen LogP contribution in [0.2, 0.25) is 0 Å². The smallest absolute Gasteiger partial charge is 0.143 e. The SMILES string of the molecule is Cc1ccc(-c2cc3c(c4c2oc2ccccc24)-c2ccc(N(c4ccc(C)cc4)c4ccc5c(c4)C(C)(C)c4cc(-c6ccccc6)c6oc7ccccc7c6c4-5)cc2C3(C)C)cc1. The highest BCUT2D eigenvalue weighted by atomic mass is 16.3. The van der Waals surface area contributed by atoms with Crippen LogP contribution in [-0.4, -0.2) is 0 Å². The third kappa shape index (κ3) is 5.36. The van der Waals surface area contributed by atoms with Crippen molar-refractivity contribution in [2.75, 3.05) is 4.90 Å². The van der Waals surface area contributed by atoms with Gasteiger partial charge in [-0.3, -0.25) is 0 Å². The van der Waals surface area contributed by atoms with Crippen LogP contribution in [0.3, 0.4) is 0 Å². The molecule has 3 heteroatoms. The number of para-hydroxylation sites is 2. The second-order valence-corrected chi connectivity index (χ2v) is 19.4. The van der Waals surface area contributed by atoms with Crippen LogP contribution in [0.15, 0.2) is 185 Å². The molecule has 2 aliphatic carbocycles. The molecule has 0 aliphatic heterocycles. The highest BCUT2D eigenvalue weighted by Crippen LogP contribution is 2.58. The fourth-order valence-corrected chi connectivity index (χ4v) is 11.4. The van der Waals surface area contributed by atoms with Crippen LogP contribution in [0, 0.1) is 13.8 Å². The van der Waals surface area contributed by atoms with Gasteiger partial charge in [0.1, 0.15) is 22.3 Å². The lowest BCUT2D eigenvalue weighted by Gasteiger charge is -2.30. The summed E-state index contributed by atoms with van der Waals surface area (Å²) in [6.45, 7) is 13.9. The average Bonchev–Trinajstić information content (AvgIpc) is 4.03. The van der Waals surface area contributed by atoms with Crippen molar-refractivity contribution >= 4 is 60.9 Å². The van der Waals surface area contributed by atoms with Gasteiger partial charge < -0.3 is 13.7 Å². The zero-order chi connectivity index (χ0) is 43.9. The van der Waals surface area contributed by atoms with Gasteiger partial charge in [0.15, 0.2) is 0 Å². The molecule has 0 amide bonds. The molecule has 0 radical (unpaired) electrons. The predicted molar refractivity (Wildman–Crippen MR) is 271 cm³/mol. The average molecular weight is 838 g/mol. The Labute approximate surface area is 379 Å². The van der Waals surface area contributed by atoms with Crippen molar-refractivity contribution in [1.29, 1.82) is 0 Å². The molecule has 2 aromatic heterocycles. The van der Waals surface area contributed by atoms with Gasteiger partial charge in [0.05, 0.1) is 0 Å². The summed E-state index contributed by atoms with van der Waals surface area (Å²) in [5.74, 6) is 0. The first-order chi connectivity index (χ1) is 31.6. The van der Waals surface area contributed by atoms with Gasteiger partial charge in [0.25, 0.3) is 0 Å². The highest BCUT2D eigenvalue weighted by molar-refractivity contribution is 6.20. The second-order valence-electron chi connectivity index (χ2n) is 19.4. The van der Waals surface area contributed by atoms with Gasteiger partial charge in [0, 0.05) is 60.6 Å². The standard InChI is InChI=1S/C62H47NO2/c1-36-20-24-39(25-21-36)48-35-52-56(58-46-17-11-13-19-54(46)65-60(48)58)44-31-29-42(33-50(44)62(52,5)6)63(40-26-22-37(2)23-27-40)41-28-30-43-49(32-41)61(3,4)51-34-47(38-14-8-7-9-15-38)59-57(55(43)51)45-16-10-12-18-53(45)64-59/h7-35H,1-6H3. The lowest BCUT2D eigenvalue weighted by atomic mass is 9.80. The number of hydrogen-bond donors (Lipinski definition) is 0. The van der Waals surface area contributed by atoms with Crippen LogP contribution in [0.25, 0.3) is 88.4 Å². The van der Waals surface area contributed by atoms with E-state index in [1.165, 1.54) is 72.0 Å². The number of benzene rings is 9. The molecule has 9 aromatic carbocycles. The molecular formula is C62H47NO2. The summed E-state index contributed by atoms with van der Waals surface area (Å²) < 4.78 is 13.6. The molecule has 13 rings (SSSR count). The number of furan rings is 2. The van der Waals surface area contributed by atoms with E-state index < -0.39 is 0 Å². The molecule has 11 aromatic rings.